The first-order chi connectivity index (χ1) is 6.63. The van der Waals surface area contributed by atoms with E-state index in [1.807, 2.05) is 0 Å². The highest BCUT2D eigenvalue weighted by atomic mass is 16.2. The highest BCUT2D eigenvalue weighted by Crippen LogP contribution is 1.99. The summed E-state index contributed by atoms with van der Waals surface area (Å²) in [5, 5.41) is 1.68. The van der Waals surface area contributed by atoms with Gasteiger partial charge in [-0.05, 0) is 19.8 Å². The van der Waals surface area contributed by atoms with Crippen LogP contribution in [-0.4, -0.2) is 24.0 Å². The fraction of sp³-hybridized carbons (Fsp3) is 0.727. The van der Waals surface area contributed by atoms with Crippen LogP contribution in [0.25, 0.3) is 0 Å². The minimum absolute atomic E-state index is 0.00639. The molecule has 0 heterocycles. The van der Waals surface area contributed by atoms with Crippen LogP contribution in [-0.2, 0) is 4.79 Å². The molecule has 14 heavy (non-hydrogen) atoms. The molecule has 0 radical (unpaired) electrons. The number of hydrogen-bond acceptors (Lipinski definition) is 2. The van der Waals surface area contributed by atoms with Crippen molar-refractivity contribution in [3.05, 3.63) is 12.2 Å². The van der Waals surface area contributed by atoms with E-state index >= 15 is 0 Å². The third-order valence-corrected chi connectivity index (χ3v) is 1.90. The summed E-state index contributed by atoms with van der Waals surface area (Å²) < 4.78 is 0. The van der Waals surface area contributed by atoms with Crippen molar-refractivity contribution in [2.45, 2.75) is 40.0 Å². The van der Waals surface area contributed by atoms with E-state index in [9.17, 15) is 4.79 Å². The maximum Gasteiger partial charge on any atom is 0.262 e. The smallest absolute Gasteiger partial charge is 0.262 e. The Morgan fingerprint density at radius 3 is 2.43 bits per heavy atom. The number of hydrazine groups is 1. The average Bonchev–Trinajstić information content (AvgIpc) is 2.17. The lowest BCUT2D eigenvalue weighted by atomic mass is 10.3. The van der Waals surface area contributed by atoms with Crippen molar-refractivity contribution in [2.24, 2.45) is 0 Å². The van der Waals surface area contributed by atoms with E-state index in [1.165, 1.54) is 0 Å². The Hall–Kier alpha value is -0.830. The Morgan fingerprint density at radius 2 is 2.00 bits per heavy atom. The minimum Gasteiger partial charge on any atom is -0.274 e. The fourth-order valence-corrected chi connectivity index (χ4v) is 1.05. The Kier molecular flexibility index (Phi) is 7.11. The first-order valence-corrected chi connectivity index (χ1v) is 5.34. The van der Waals surface area contributed by atoms with Gasteiger partial charge in [-0.15, -0.1) is 0 Å². The highest BCUT2D eigenvalue weighted by molar-refractivity contribution is 5.91. The van der Waals surface area contributed by atoms with Crippen molar-refractivity contribution < 1.29 is 4.79 Å². The molecule has 1 amide bonds. The second-order valence-corrected chi connectivity index (χ2v) is 3.50. The zero-order valence-corrected chi connectivity index (χ0v) is 9.60. The largest absolute Gasteiger partial charge is 0.274 e. The van der Waals surface area contributed by atoms with Gasteiger partial charge in [0.25, 0.3) is 5.91 Å². The Bertz CT molecular complexity index is 182. The number of amides is 1. The molecule has 0 aliphatic rings. The van der Waals surface area contributed by atoms with Gasteiger partial charge >= 0.3 is 0 Å². The van der Waals surface area contributed by atoms with Crippen LogP contribution in [0.15, 0.2) is 12.2 Å². The second-order valence-electron chi connectivity index (χ2n) is 3.50. The first kappa shape index (κ1) is 13.2. The van der Waals surface area contributed by atoms with Crippen molar-refractivity contribution in [1.29, 1.82) is 0 Å². The molecule has 0 fully saturated rings. The van der Waals surface area contributed by atoms with Gasteiger partial charge in [-0.2, -0.15) is 0 Å². The molecule has 3 heteroatoms. The average molecular weight is 198 g/mol. The van der Waals surface area contributed by atoms with E-state index in [2.05, 4.69) is 25.9 Å². The van der Waals surface area contributed by atoms with Gasteiger partial charge in [0.15, 0.2) is 0 Å². The number of nitrogens with zero attached hydrogens (tertiary/aromatic N) is 1. The van der Waals surface area contributed by atoms with E-state index in [4.69, 9.17) is 0 Å². The molecular formula is C11H22N2O. The zero-order valence-electron chi connectivity index (χ0n) is 9.60. The molecule has 0 atom stereocenters. The predicted molar refractivity (Wildman–Crippen MR) is 59.7 cm³/mol. The summed E-state index contributed by atoms with van der Waals surface area (Å²) in [6.07, 6.45) is 3.13. The van der Waals surface area contributed by atoms with E-state index < -0.39 is 0 Å². The summed E-state index contributed by atoms with van der Waals surface area (Å²) in [4.78, 5) is 11.6. The van der Waals surface area contributed by atoms with Crippen molar-refractivity contribution in [2.75, 3.05) is 13.1 Å². The van der Waals surface area contributed by atoms with Gasteiger partial charge in [0.2, 0.25) is 0 Å². The number of carbonyl (C=O) groups is 1. The van der Waals surface area contributed by atoms with Gasteiger partial charge < -0.3 is 0 Å². The molecule has 0 rings (SSSR count). The molecule has 0 aliphatic heterocycles. The van der Waals surface area contributed by atoms with Crippen LogP contribution in [0.4, 0.5) is 0 Å². The second kappa shape index (κ2) is 7.56. The van der Waals surface area contributed by atoms with E-state index in [1.54, 1.807) is 11.9 Å². The quantitative estimate of drug-likeness (QED) is 0.502. The summed E-state index contributed by atoms with van der Waals surface area (Å²) >= 11 is 0. The lowest BCUT2D eigenvalue weighted by Crippen LogP contribution is -2.44. The summed E-state index contributed by atoms with van der Waals surface area (Å²) in [6.45, 7) is 11.2. The lowest BCUT2D eigenvalue weighted by molar-refractivity contribution is -0.130. The summed E-state index contributed by atoms with van der Waals surface area (Å²) in [6, 6.07) is 0. The van der Waals surface area contributed by atoms with Gasteiger partial charge in [-0.25, -0.2) is 5.43 Å². The van der Waals surface area contributed by atoms with Crippen LogP contribution in [0.2, 0.25) is 0 Å². The Morgan fingerprint density at radius 1 is 1.36 bits per heavy atom. The van der Waals surface area contributed by atoms with Crippen LogP contribution >= 0.6 is 0 Å². The monoisotopic (exact) mass is 198 g/mol. The molecule has 0 saturated carbocycles. The van der Waals surface area contributed by atoms with Gasteiger partial charge in [0.05, 0.1) is 0 Å². The number of rotatable bonds is 7. The van der Waals surface area contributed by atoms with Gasteiger partial charge in [-0.1, -0.05) is 26.8 Å². The molecular weight excluding hydrogens is 176 g/mol. The molecule has 0 aromatic heterocycles. The Labute approximate surface area is 87.1 Å². The SMILES string of the molecule is C=C(C)C(=O)N(CCCC)NCCC. The van der Waals surface area contributed by atoms with Gasteiger partial charge in [-0.3, -0.25) is 9.80 Å². The van der Waals surface area contributed by atoms with Crippen molar-refractivity contribution in [1.82, 2.24) is 10.4 Å². The molecule has 82 valence electrons. The molecule has 0 bridgehead atoms. The maximum absolute atomic E-state index is 11.6. The zero-order chi connectivity index (χ0) is 11.0. The number of hydrogen-bond donors (Lipinski definition) is 1. The molecule has 0 aliphatic carbocycles. The van der Waals surface area contributed by atoms with Crippen LogP contribution in [0.3, 0.4) is 0 Å². The molecule has 0 spiro atoms. The summed E-state index contributed by atoms with van der Waals surface area (Å²) in [7, 11) is 0. The third kappa shape index (κ3) is 5.02. The molecule has 0 aromatic carbocycles. The topological polar surface area (TPSA) is 32.3 Å². The number of unbranched alkanes of at least 4 members (excludes halogenated alkanes) is 1. The van der Waals surface area contributed by atoms with Gasteiger partial charge in [0.1, 0.15) is 0 Å². The third-order valence-electron chi connectivity index (χ3n) is 1.90. The summed E-state index contributed by atoms with van der Waals surface area (Å²) in [5.74, 6) is 0.00639. The van der Waals surface area contributed by atoms with Crippen LogP contribution in [0.5, 0.6) is 0 Å². The first-order valence-electron chi connectivity index (χ1n) is 5.34. The molecule has 1 N–H and O–H groups in total. The van der Waals surface area contributed by atoms with E-state index in [0.717, 1.165) is 32.4 Å². The van der Waals surface area contributed by atoms with Crippen LogP contribution < -0.4 is 5.43 Å². The molecule has 0 aromatic rings. The highest BCUT2D eigenvalue weighted by Gasteiger charge is 2.11. The van der Waals surface area contributed by atoms with E-state index in [0.29, 0.717) is 5.57 Å². The summed E-state index contributed by atoms with van der Waals surface area (Å²) in [5.41, 5.74) is 3.70. The number of carbonyl (C=O) groups excluding carboxylic acids is 1. The molecule has 0 saturated heterocycles. The van der Waals surface area contributed by atoms with Crippen molar-refractivity contribution in [3.8, 4) is 0 Å². The minimum atomic E-state index is 0.00639. The normalized spacial score (nSPS) is 9.93. The number of nitrogens with one attached hydrogen (secondary N) is 1. The standard InChI is InChI=1S/C11H22N2O/c1-5-7-9-13(12-8-6-2)11(14)10(3)4/h12H,3,5-9H2,1-2,4H3. The molecule has 3 nitrogen and oxygen atoms in total. The Balaban J connectivity index is 4.08. The predicted octanol–water partition coefficient (Wildman–Crippen LogP) is 2.11. The van der Waals surface area contributed by atoms with Crippen LogP contribution in [0.1, 0.15) is 40.0 Å². The van der Waals surface area contributed by atoms with Gasteiger partial charge in [0, 0.05) is 18.7 Å². The van der Waals surface area contributed by atoms with Crippen molar-refractivity contribution in [3.63, 3.8) is 0 Å². The van der Waals surface area contributed by atoms with Crippen LogP contribution in [0, 0.1) is 0 Å². The van der Waals surface area contributed by atoms with E-state index in [-0.39, 0.29) is 5.91 Å². The molecule has 0 unspecified atom stereocenters. The fourth-order valence-electron chi connectivity index (χ4n) is 1.05. The lowest BCUT2D eigenvalue weighted by Gasteiger charge is -2.23. The maximum atomic E-state index is 11.6. The van der Waals surface area contributed by atoms with Crippen molar-refractivity contribution >= 4 is 5.91 Å².